The van der Waals surface area contributed by atoms with E-state index in [2.05, 4.69) is 10.3 Å². The Kier molecular flexibility index (Phi) is 2.87. The Balaban J connectivity index is 2.08. The van der Waals surface area contributed by atoms with Crippen LogP contribution in [-0.4, -0.2) is 29.9 Å². The molecule has 1 aliphatic heterocycles. The molecular weight excluding hydrogens is 242 g/mol. The number of nitrogens with zero attached hydrogens (tertiary/aromatic N) is 2. The Morgan fingerprint density at radius 2 is 2.11 bits per heavy atom. The molecule has 1 fully saturated rings. The number of hydrogen-bond donors (Lipinski definition) is 1. The summed E-state index contributed by atoms with van der Waals surface area (Å²) >= 11 is 0. The zero-order valence-corrected chi connectivity index (χ0v) is 10.3. The quantitative estimate of drug-likeness (QED) is 0.829. The van der Waals surface area contributed by atoms with Crippen LogP contribution in [-0.2, 0) is 9.59 Å². The third-order valence-electron chi connectivity index (χ3n) is 3.25. The summed E-state index contributed by atoms with van der Waals surface area (Å²) in [4.78, 5) is 29.2. The topological polar surface area (TPSA) is 62.3 Å². The summed E-state index contributed by atoms with van der Waals surface area (Å²) in [6.07, 6.45) is 3.80. The van der Waals surface area contributed by atoms with Gasteiger partial charge >= 0.3 is 0 Å². The maximum Gasteiger partial charge on any atom is 0.246 e. The van der Waals surface area contributed by atoms with Crippen molar-refractivity contribution in [3.05, 3.63) is 36.7 Å². The van der Waals surface area contributed by atoms with Gasteiger partial charge in [0.2, 0.25) is 11.8 Å². The maximum absolute atomic E-state index is 12.1. The first kappa shape index (κ1) is 11.6. The lowest BCUT2D eigenvalue weighted by atomic mass is 10.1. The van der Waals surface area contributed by atoms with Gasteiger partial charge in [0, 0.05) is 36.1 Å². The van der Waals surface area contributed by atoms with Crippen molar-refractivity contribution in [2.45, 2.75) is 6.42 Å². The fourth-order valence-electron chi connectivity index (χ4n) is 2.29. The van der Waals surface area contributed by atoms with Crippen LogP contribution in [0.1, 0.15) is 6.42 Å². The van der Waals surface area contributed by atoms with Crippen molar-refractivity contribution in [2.75, 3.05) is 18.0 Å². The van der Waals surface area contributed by atoms with E-state index >= 15 is 0 Å². The predicted molar refractivity (Wildman–Crippen MR) is 71.7 cm³/mol. The Bertz CT molecular complexity index is 649. The van der Waals surface area contributed by atoms with Crippen molar-refractivity contribution in [3.63, 3.8) is 0 Å². The van der Waals surface area contributed by atoms with E-state index in [1.807, 2.05) is 24.3 Å². The van der Waals surface area contributed by atoms with Gasteiger partial charge in [-0.2, -0.15) is 0 Å². The van der Waals surface area contributed by atoms with Gasteiger partial charge in [0.05, 0.1) is 12.2 Å². The standard InChI is InChI=1S/C14H13N3O2/c18-13-5-7-17(14(19)9-16-13)12-3-1-2-10-8-15-6-4-11(10)12/h1-4,6,8H,5,7,9H2,(H,16,18). The highest BCUT2D eigenvalue weighted by molar-refractivity contribution is 6.05. The molecule has 1 aromatic carbocycles. The van der Waals surface area contributed by atoms with Crippen LogP contribution in [0.5, 0.6) is 0 Å². The zero-order valence-electron chi connectivity index (χ0n) is 10.3. The van der Waals surface area contributed by atoms with E-state index in [1.54, 1.807) is 17.3 Å². The number of amides is 2. The van der Waals surface area contributed by atoms with Crippen LogP contribution in [0.25, 0.3) is 10.8 Å². The van der Waals surface area contributed by atoms with Crippen LogP contribution < -0.4 is 10.2 Å². The summed E-state index contributed by atoms with van der Waals surface area (Å²) in [5.74, 6) is -0.173. The van der Waals surface area contributed by atoms with Gasteiger partial charge < -0.3 is 10.2 Å². The molecule has 1 aromatic heterocycles. The van der Waals surface area contributed by atoms with Crippen LogP contribution in [0, 0.1) is 0 Å². The monoisotopic (exact) mass is 255 g/mol. The number of aromatic nitrogens is 1. The minimum absolute atomic E-state index is 0.0559. The van der Waals surface area contributed by atoms with E-state index in [0.29, 0.717) is 13.0 Å². The van der Waals surface area contributed by atoms with Gasteiger partial charge in [-0.25, -0.2) is 0 Å². The van der Waals surface area contributed by atoms with Crippen LogP contribution >= 0.6 is 0 Å². The first-order valence-corrected chi connectivity index (χ1v) is 6.15. The van der Waals surface area contributed by atoms with E-state index in [9.17, 15) is 9.59 Å². The van der Waals surface area contributed by atoms with Crippen molar-refractivity contribution < 1.29 is 9.59 Å². The zero-order chi connectivity index (χ0) is 13.2. The van der Waals surface area contributed by atoms with E-state index in [4.69, 9.17) is 0 Å². The van der Waals surface area contributed by atoms with Crippen molar-refractivity contribution in [3.8, 4) is 0 Å². The van der Waals surface area contributed by atoms with Gasteiger partial charge in [-0.1, -0.05) is 12.1 Å². The molecule has 1 N–H and O–H groups in total. The molecule has 0 aliphatic carbocycles. The Hall–Kier alpha value is -2.43. The summed E-state index contributed by atoms with van der Waals surface area (Å²) in [6.45, 7) is 0.465. The number of nitrogens with one attached hydrogen (secondary N) is 1. The molecule has 0 saturated carbocycles. The average Bonchev–Trinajstić information content (AvgIpc) is 2.61. The Morgan fingerprint density at radius 1 is 1.21 bits per heavy atom. The molecule has 2 amide bonds. The van der Waals surface area contributed by atoms with Gasteiger partial charge in [0.25, 0.3) is 0 Å². The normalized spacial score (nSPS) is 16.3. The fourth-order valence-corrected chi connectivity index (χ4v) is 2.29. The third-order valence-corrected chi connectivity index (χ3v) is 3.25. The van der Waals surface area contributed by atoms with E-state index in [0.717, 1.165) is 16.5 Å². The largest absolute Gasteiger partial charge is 0.347 e. The van der Waals surface area contributed by atoms with E-state index in [-0.39, 0.29) is 18.4 Å². The smallest absolute Gasteiger partial charge is 0.246 e. The van der Waals surface area contributed by atoms with Crippen LogP contribution in [0.15, 0.2) is 36.7 Å². The predicted octanol–water partition coefficient (Wildman–Crippen LogP) is 1.09. The summed E-state index contributed by atoms with van der Waals surface area (Å²) in [7, 11) is 0. The number of rotatable bonds is 1. The summed E-state index contributed by atoms with van der Waals surface area (Å²) in [6, 6.07) is 7.64. The number of benzene rings is 1. The van der Waals surface area contributed by atoms with E-state index in [1.165, 1.54) is 0 Å². The highest BCUT2D eigenvalue weighted by atomic mass is 16.2. The molecule has 2 heterocycles. The summed E-state index contributed by atoms with van der Waals surface area (Å²) in [5.41, 5.74) is 0.835. The van der Waals surface area contributed by atoms with Crippen LogP contribution in [0.3, 0.4) is 0 Å². The molecule has 0 bridgehead atoms. The van der Waals surface area contributed by atoms with Gasteiger partial charge in [-0.15, -0.1) is 0 Å². The van der Waals surface area contributed by atoms with Crippen LogP contribution in [0.4, 0.5) is 5.69 Å². The molecule has 0 radical (unpaired) electrons. The van der Waals surface area contributed by atoms with Crippen molar-refractivity contribution >= 4 is 28.3 Å². The lowest BCUT2D eigenvalue weighted by Gasteiger charge is -2.21. The number of carbonyl (C=O) groups excluding carboxylic acids is 2. The van der Waals surface area contributed by atoms with Crippen molar-refractivity contribution in [1.29, 1.82) is 0 Å². The molecule has 1 aliphatic rings. The number of hydrogen-bond acceptors (Lipinski definition) is 3. The molecule has 96 valence electrons. The third kappa shape index (κ3) is 2.14. The molecule has 3 rings (SSSR count). The molecule has 0 unspecified atom stereocenters. The fraction of sp³-hybridized carbons (Fsp3) is 0.214. The number of carbonyl (C=O) groups is 2. The average molecular weight is 255 g/mol. The molecule has 5 nitrogen and oxygen atoms in total. The minimum atomic E-state index is -0.0878. The molecule has 2 aromatic rings. The van der Waals surface area contributed by atoms with E-state index < -0.39 is 0 Å². The van der Waals surface area contributed by atoms with Crippen LogP contribution in [0.2, 0.25) is 0 Å². The minimum Gasteiger partial charge on any atom is -0.347 e. The molecule has 5 heteroatoms. The highest BCUT2D eigenvalue weighted by Gasteiger charge is 2.22. The lowest BCUT2D eigenvalue weighted by Crippen LogP contribution is -2.35. The first-order chi connectivity index (χ1) is 9.25. The lowest BCUT2D eigenvalue weighted by molar-refractivity contribution is -0.123. The molecular formula is C14H13N3O2. The van der Waals surface area contributed by atoms with Gasteiger partial charge in [-0.3, -0.25) is 14.6 Å². The van der Waals surface area contributed by atoms with Gasteiger partial charge in [0.15, 0.2) is 0 Å². The Morgan fingerprint density at radius 3 is 3.00 bits per heavy atom. The summed E-state index contributed by atoms with van der Waals surface area (Å²) in [5, 5.41) is 4.55. The van der Waals surface area contributed by atoms with Gasteiger partial charge in [-0.05, 0) is 12.1 Å². The second kappa shape index (κ2) is 4.68. The second-order valence-electron chi connectivity index (χ2n) is 4.45. The Labute approximate surface area is 110 Å². The number of fused-ring (bicyclic) bond motifs is 1. The van der Waals surface area contributed by atoms with Crippen molar-refractivity contribution in [2.24, 2.45) is 0 Å². The number of anilines is 1. The molecule has 0 atom stereocenters. The number of pyridine rings is 1. The SMILES string of the molecule is O=C1CCN(c2cccc3cnccc23)C(=O)CN1. The molecule has 0 spiro atoms. The molecule has 1 saturated heterocycles. The summed E-state index contributed by atoms with van der Waals surface area (Å²) < 4.78 is 0. The first-order valence-electron chi connectivity index (χ1n) is 6.15. The second-order valence-corrected chi connectivity index (χ2v) is 4.45. The maximum atomic E-state index is 12.1. The van der Waals surface area contributed by atoms with Gasteiger partial charge in [0.1, 0.15) is 0 Å². The molecule has 19 heavy (non-hydrogen) atoms. The van der Waals surface area contributed by atoms with Crippen molar-refractivity contribution in [1.82, 2.24) is 10.3 Å². The highest BCUT2D eigenvalue weighted by Crippen LogP contribution is 2.26.